The van der Waals surface area contributed by atoms with E-state index in [-0.39, 0.29) is 29.6 Å². The summed E-state index contributed by atoms with van der Waals surface area (Å²) in [7, 11) is 0. The lowest BCUT2D eigenvalue weighted by Crippen LogP contribution is -2.29. The molecule has 0 unspecified atom stereocenters. The molecule has 13 heteroatoms. The van der Waals surface area contributed by atoms with Crippen LogP contribution >= 0.6 is 22.6 Å². The number of anilines is 2. The van der Waals surface area contributed by atoms with Gasteiger partial charge < -0.3 is 20.1 Å². The highest BCUT2D eigenvalue weighted by atomic mass is 127. The Bertz CT molecular complexity index is 1610. The number of benzene rings is 2. The van der Waals surface area contributed by atoms with Crippen molar-refractivity contribution in [2.24, 2.45) is 0 Å². The molecule has 2 aromatic heterocycles. The molecule has 0 fully saturated rings. The molecule has 0 saturated heterocycles. The molecule has 2 amide bonds. The largest absolute Gasteiger partial charge is 0.493 e. The monoisotopic (exact) mass is 650 g/mol. The van der Waals surface area contributed by atoms with Crippen molar-refractivity contribution in [1.29, 1.82) is 0 Å². The minimum absolute atomic E-state index is 0.0622. The fourth-order valence-corrected chi connectivity index (χ4v) is 3.74. The summed E-state index contributed by atoms with van der Waals surface area (Å²) in [4.78, 5) is 41.4. The van der Waals surface area contributed by atoms with E-state index in [2.05, 4.69) is 15.6 Å². The number of nitrogens with zero attached hydrogens (tertiary/aromatic N) is 2. The number of carbonyl (C=O) groups is 2. The third kappa shape index (κ3) is 6.54. The maximum atomic E-state index is 14.9. The zero-order chi connectivity index (χ0) is 28.1. The lowest BCUT2D eigenvalue weighted by molar-refractivity contribution is 0.102. The van der Waals surface area contributed by atoms with Gasteiger partial charge in [-0.05, 0) is 43.3 Å². The molecule has 200 valence electrons. The molecule has 2 aromatic carbocycles. The number of hydrogen-bond acceptors (Lipinski definition) is 6. The number of halogens is 4. The molecular weight excluding hydrogens is 632 g/mol. The number of amides is 2. The van der Waals surface area contributed by atoms with Gasteiger partial charge in [-0.3, -0.25) is 19.0 Å². The second-order valence-corrected chi connectivity index (χ2v) is 8.71. The first kappa shape index (κ1) is 27.6. The van der Waals surface area contributed by atoms with Gasteiger partial charge in [0.2, 0.25) is 0 Å². The Balaban J connectivity index is 1.63. The van der Waals surface area contributed by atoms with Crippen LogP contribution in [0, 0.1) is 17.5 Å². The SMILES string of the molecule is CCOc1ccn(-c2ccc(F)cc2)c(=O)c1C(=O)Nc1cc(F)c(Oc2ccnc(NC(=O)I)c2)cc1F. The van der Waals surface area contributed by atoms with E-state index in [1.54, 1.807) is 6.92 Å². The number of ether oxygens (including phenoxy) is 2. The average Bonchev–Trinajstić information content (AvgIpc) is 2.88. The predicted molar refractivity (Wildman–Crippen MR) is 145 cm³/mol. The lowest BCUT2D eigenvalue weighted by Gasteiger charge is -2.14. The summed E-state index contributed by atoms with van der Waals surface area (Å²) in [5.74, 6) is -4.03. The van der Waals surface area contributed by atoms with Crippen molar-refractivity contribution in [1.82, 2.24) is 9.55 Å². The number of nitrogens with one attached hydrogen (secondary N) is 2. The van der Waals surface area contributed by atoms with Crippen LogP contribution in [0.25, 0.3) is 5.69 Å². The van der Waals surface area contributed by atoms with E-state index in [9.17, 15) is 27.6 Å². The number of pyridine rings is 2. The highest BCUT2D eigenvalue weighted by molar-refractivity contribution is 14.1. The van der Waals surface area contributed by atoms with Crippen molar-refractivity contribution in [3.8, 4) is 22.9 Å². The van der Waals surface area contributed by atoms with Crippen LogP contribution in [0.5, 0.6) is 17.2 Å². The van der Waals surface area contributed by atoms with Crippen LogP contribution in [-0.2, 0) is 0 Å². The second kappa shape index (κ2) is 12.0. The Kier molecular flexibility index (Phi) is 8.49. The second-order valence-electron chi connectivity index (χ2n) is 7.73. The maximum absolute atomic E-state index is 14.9. The van der Waals surface area contributed by atoms with Crippen LogP contribution in [-0.4, -0.2) is 26.0 Å². The minimum atomic E-state index is -1.06. The summed E-state index contributed by atoms with van der Waals surface area (Å²) in [5.41, 5.74) is -1.57. The number of hydrogen-bond donors (Lipinski definition) is 2. The third-order valence-electron chi connectivity index (χ3n) is 5.14. The van der Waals surface area contributed by atoms with Crippen LogP contribution in [0.2, 0.25) is 0 Å². The van der Waals surface area contributed by atoms with Crippen molar-refractivity contribution in [3.05, 3.63) is 100 Å². The quantitative estimate of drug-likeness (QED) is 0.136. The summed E-state index contributed by atoms with van der Waals surface area (Å²) in [6, 6.07) is 10.4. The first-order valence-electron chi connectivity index (χ1n) is 11.2. The van der Waals surface area contributed by atoms with Gasteiger partial charge in [-0.2, -0.15) is 0 Å². The molecule has 0 radical (unpaired) electrons. The standard InChI is InChI=1S/C26H18F3IN4O5/c1-2-38-20-8-10-34(15-5-3-14(27)4-6-15)25(36)23(20)24(35)32-19-12-18(29)21(13-17(19)28)39-16-7-9-31-22(11-16)33-26(30)37/h3-13H,2H2,1H3,(H,32,35)(H,31,33,37). The molecule has 0 bridgehead atoms. The van der Waals surface area contributed by atoms with Gasteiger partial charge in [0.1, 0.15) is 28.7 Å². The van der Waals surface area contributed by atoms with E-state index in [0.29, 0.717) is 12.1 Å². The van der Waals surface area contributed by atoms with Crippen LogP contribution in [0.4, 0.5) is 29.5 Å². The molecule has 4 aromatic rings. The highest BCUT2D eigenvalue weighted by Crippen LogP contribution is 2.30. The predicted octanol–water partition coefficient (Wildman–Crippen LogP) is 6.06. The summed E-state index contributed by atoms with van der Waals surface area (Å²) in [5, 5.41) is 4.62. The van der Waals surface area contributed by atoms with Gasteiger partial charge in [0.05, 0.1) is 12.3 Å². The number of rotatable bonds is 8. The first-order chi connectivity index (χ1) is 18.7. The Hall–Kier alpha value is -4.40. The van der Waals surface area contributed by atoms with Crippen molar-refractivity contribution in [3.63, 3.8) is 0 Å². The molecule has 0 saturated carbocycles. The van der Waals surface area contributed by atoms with Gasteiger partial charge in [0, 0.05) is 58.9 Å². The van der Waals surface area contributed by atoms with Crippen LogP contribution in [0.3, 0.4) is 0 Å². The smallest absolute Gasteiger partial charge is 0.286 e. The van der Waals surface area contributed by atoms with Crippen LogP contribution < -0.4 is 25.7 Å². The zero-order valence-electron chi connectivity index (χ0n) is 20.0. The normalized spacial score (nSPS) is 10.6. The topological polar surface area (TPSA) is 112 Å². The number of aromatic nitrogens is 2. The molecule has 39 heavy (non-hydrogen) atoms. The summed E-state index contributed by atoms with van der Waals surface area (Å²) < 4.78 is 54.5. The summed E-state index contributed by atoms with van der Waals surface area (Å²) in [6.07, 6.45) is 2.65. The molecule has 0 spiro atoms. The van der Waals surface area contributed by atoms with Crippen molar-refractivity contribution in [2.75, 3.05) is 17.2 Å². The molecule has 0 aliphatic carbocycles. The summed E-state index contributed by atoms with van der Waals surface area (Å²) in [6.45, 7) is 1.76. The van der Waals surface area contributed by atoms with E-state index < -0.39 is 49.8 Å². The van der Waals surface area contributed by atoms with E-state index in [1.807, 2.05) is 0 Å². The van der Waals surface area contributed by atoms with Crippen molar-refractivity contribution >= 4 is 43.9 Å². The maximum Gasteiger partial charge on any atom is 0.286 e. The first-order valence-corrected chi connectivity index (χ1v) is 12.3. The van der Waals surface area contributed by atoms with E-state index >= 15 is 0 Å². The minimum Gasteiger partial charge on any atom is -0.493 e. The highest BCUT2D eigenvalue weighted by Gasteiger charge is 2.22. The van der Waals surface area contributed by atoms with Gasteiger partial charge in [-0.15, -0.1) is 0 Å². The van der Waals surface area contributed by atoms with E-state index in [1.165, 1.54) is 65.3 Å². The van der Waals surface area contributed by atoms with Gasteiger partial charge >= 0.3 is 0 Å². The Labute approximate surface area is 232 Å². The molecule has 0 aliphatic heterocycles. The lowest BCUT2D eigenvalue weighted by atomic mass is 10.2. The van der Waals surface area contributed by atoms with Crippen LogP contribution in [0.15, 0.2) is 71.8 Å². The van der Waals surface area contributed by atoms with Gasteiger partial charge in [0.25, 0.3) is 15.4 Å². The molecular formula is C26H18F3IN4O5. The fourth-order valence-electron chi connectivity index (χ4n) is 3.47. The van der Waals surface area contributed by atoms with Crippen molar-refractivity contribution < 1.29 is 32.2 Å². The molecule has 2 N–H and O–H groups in total. The van der Waals surface area contributed by atoms with E-state index in [0.717, 1.165) is 16.7 Å². The fraction of sp³-hybridized carbons (Fsp3) is 0.0769. The van der Waals surface area contributed by atoms with E-state index in [4.69, 9.17) is 9.47 Å². The van der Waals surface area contributed by atoms with Crippen molar-refractivity contribution in [2.45, 2.75) is 6.92 Å². The molecule has 4 rings (SSSR count). The molecule has 2 heterocycles. The van der Waals surface area contributed by atoms with Gasteiger partial charge in [0.15, 0.2) is 17.4 Å². The number of carbonyl (C=O) groups excluding carboxylic acids is 2. The molecule has 0 aliphatic rings. The van der Waals surface area contributed by atoms with Crippen LogP contribution in [0.1, 0.15) is 17.3 Å². The average molecular weight is 650 g/mol. The molecule has 9 nitrogen and oxygen atoms in total. The Morgan fingerprint density at radius 3 is 2.41 bits per heavy atom. The third-order valence-corrected chi connectivity index (χ3v) is 5.41. The Morgan fingerprint density at radius 2 is 1.72 bits per heavy atom. The van der Waals surface area contributed by atoms with Gasteiger partial charge in [-0.25, -0.2) is 18.2 Å². The Morgan fingerprint density at radius 1 is 0.974 bits per heavy atom. The zero-order valence-corrected chi connectivity index (χ0v) is 22.2. The summed E-state index contributed by atoms with van der Waals surface area (Å²) >= 11 is 1.50. The van der Waals surface area contributed by atoms with Gasteiger partial charge in [-0.1, -0.05) is 0 Å². The molecule has 0 atom stereocenters.